The van der Waals surface area contributed by atoms with Crippen LogP contribution in [-0.4, -0.2) is 56.7 Å². The minimum Gasteiger partial charge on any atom is -0.393 e. The molecule has 6 aliphatic rings. The summed E-state index contributed by atoms with van der Waals surface area (Å²) in [5.41, 5.74) is 2.17. The van der Waals surface area contributed by atoms with Crippen molar-refractivity contribution in [1.29, 1.82) is 0 Å². The second kappa shape index (κ2) is 8.54. The molecule has 5 aliphatic carbocycles. The Balaban J connectivity index is 1.10. The quantitative estimate of drug-likeness (QED) is 0.522. The fraction of sp³-hybridized carbons (Fsp3) is 0.897. The van der Waals surface area contributed by atoms with Crippen LogP contribution in [0.25, 0.3) is 0 Å². The molecule has 0 aromatic heterocycles. The Morgan fingerprint density at radius 1 is 1.11 bits per heavy atom. The Morgan fingerprint density at radius 2 is 1.91 bits per heavy atom. The average Bonchev–Trinajstić information content (AvgIpc) is 3.50. The van der Waals surface area contributed by atoms with Crippen LogP contribution in [0.15, 0.2) is 11.6 Å². The number of aliphatic hydroxyl groups excluding tert-OH is 3. The zero-order valence-corrected chi connectivity index (χ0v) is 21.7. The molecule has 3 N–H and O–H groups in total. The molecule has 196 valence electrons. The van der Waals surface area contributed by atoms with Crippen LogP contribution in [0.3, 0.4) is 0 Å². The topological polar surface area (TPSA) is 90.2 Å². The SMILES string of the molecule is C[C@H](CCC(=O)N1O[C@H]2C[C@@H]1[C@H](O)[C@@H]2O)[C@H]1CC[C@H]2[C@@H]3CC=C4C[C@@H](O)CC[C@]4(C)[C@H]3CC[C@]12C. The summed E-state index contributed by atoms with van der Waals surface area (Å²) in [4.78, 5) is 18.6. The molecule has 4 saturated carbocycles. The standard InChI is InChI=1S/C29H45NO5/c1-16(4-9-25(32)30-23-15-24(35-30)27(34)26(23)33)20-7-8-21-19-6-5-17-14-18(31)10-12-28(17,2)22(19)11-13-29(20,21)3/h5,16,18-24,26-27,31,33-34H,4,6-15H2,1-3H3/t16-,18+,19+,20-,21+,22+,23-,24+,26+,27-,28+,29-/m1/s1. The third-order valence-electron chi connectivity index (χ3n) is 12.0. The van der Waals surface area contributed by atoms with Crippen LogP contribution >= 0.6 is 0 Å². The summed E-state index contributed by atoms with van der Waals surface area (Å²) in [6.07, 6.45) is 11.3. The van der Waals surface area contributed by atoms with Crippen molar-refractivity contribution in [1.82, 2.24) is 5.06 Å². The van der Waals surface area contributed by atoms with E-state index in [1.165, 1.54) is 42.7 Å². The van der Waals surface area contributed by atoms with E-state index >= 15 is 0 Å². The van der Waals surface area contributed by atoms with Gasteiger partial charge >= 0.3 is 0 Å². The van der Waals surface area contributed by atoms with E-state index in [1.807, 2.05) is 0 Å². The van der Waals surface area contributed by atoms with Gasteiger partial charge in [0.25, 0.3) is 0 Å². The van der Waals surface area contributed by atoms with Gasteiger partial charge in [-0.3, -0.25) is 9.63 Å². The maximum Gasteiger partial charge on any atom is 0.246 e. The third kappa shape index (κ3) is 3.60. The Morgan fingerprint density at radius 3 is 2.66 bits per heavy atom. The Labute approximate surface area is 210 Å². The molecule has 0 aromatic rings. The number of hydrogen-bond acceptors (Lipinski definition) is 5. The normalized spacial score (nSPS) is 51.4. The van der Waals surface area contributed by atoms with Crippen molar-refractivity contribution in [3.63, 3.8) is 0 Å². The highest BCUT2D eigenvalue weighted by atomic mass is 16.7. The summed E-state index contributed by atoms with van der Waals surface area (Å²) in [6.45, 7) is 7.39. The molecule has 1 heterocycles. The van der Waals surface area contributed by atoms with E-state index in [0.717, 1.165) is 43.4 Å². The fourth-order valence-electron chi connectivity index (χ4n) is 10.1. The number of rotatable bonds is 4. The van der Waals surface area contributed by atoms with Crippen molar-refractivity contribution in [3.8, 4) is 0 Å². The predicted octanol–water partition coefficient (Wildman–Crippen LogP) is 3.98. The van der Waals surface area contributed by atoms with Gasteiger partial charge in [-0.15, -0.1) is 0 Å². The minimum atomic E-state index is -0.890. The van der Waals surface area contributed by atoms with Gasteiger partial charge in [0.2, 0.25) is 5.91 Å². The van der Waals surface area contributed by atoms with Gasteiger partial charge in [-0.05, 0) is 98.2 Å². The number of carbonyl (C=O) groups is 1. The fourth-order valence-corrected chi connectivity index (χ4v) is 10.1. The van der Waals surface area contributed by atoms with Gasteiger partial charge in [0, 0.05) is 12.8 Å². The number of amides is 1. The number of aliphatic hydroxyl groups is 3. The van der Waals surface area contributed by atoms with Crippen LogP contribution in [0.2, 0.25) is 0 Å². The largest absolute Gasteiger partial charge is 0.393 e. The molecule has 1 aliphatic heterocycles. The molecule has 2 bridgehead atoms. The van der Waals surface area contributed by atoms with Gasteiger partial charge in [-0.1, -0.05) is 32.4 Å². The van der Waals surface area contributed by atoms with E-state index in [9.17, 15) is 20.1 Å². The highest BCUT2D eigenvalue weighted by molar-refractivity contribution is 5.76. The van der Waals surface area contributed by atoms with Crippen molar-refractivity contribution in [2.45, 2.75) is 122 Å². The molecule has 1 saturated heterocycles. The van der Waals surface area contributed by atoms with E-state index in [4.69, 9.17) is 4.84 Å². The molecule has 5 fully saturated rings. The van der Waals surface area contributed by atoms with Crippen LogP contribution in [0, 0.1) is 40.4 Å². The molecule has 6 heteroatoms. The second-order valence-corrected chi connectivity index (χ2v) is 13.5. The van der Waals surface area contributed by atoms with Gasteiger partial charge < -0.3 is 15.3 Å². The summed E-state index contributed by atoms with van der Waals surface area (Å²) in [5, 5.41) is 31.7. The summed E-state index contributed by atoms with van der Waals surface area (Å²) in [5.74, 6) is 3.37. The first-order valence-electron chi connectivity index (χ1n) is 14.4. The predicted molar refractivity (Wildman–Crippen MR) is 132 cm³/mol. The number of fused-ring (bicyclic) bond motifs is 7. The smallest absolute Gasteiger partial charge is 0.246 e. The molecule has 0 spiro atoms. The van der Waals surface area contributed by atoms with Crippen molar-refractivity contribution in [2.75, 3.05) is 0 Å². The Kier molecular flexibility index (Phi) is 5.95. The number of nitrogens with zero attached hydrogens (tertiary/aromatic N) is 1. The molecule has 0 radical (unpaired) electrons. The number of allylic oxidation sites excluding steroid dienone is 1. The van der Waals surface area contributed by atoms with Crippen LogP contribution in [0.1, 0.15) is 91.4 Å². The van der Waals surface area contributed by atoms with E-state index in [2.05, 4.69) is 26.8 Å². The molecular formula is C29H45NO5. The lowest BCUT2D eigenvalue weighted by atomic mass is 9.47. The maximum atomic E-state index is 12.9. The second-order valence-electron chi connectivity index (χ2n) is 13.5. The van der Waals surface area contributed by atoms with Gasteiger partial charge in [-0.25, -0.2) is 5.06 Å². The average molecular weight is 488 g/mol. The van der Waals surface area contributed by atoms with E-state index in [-0.39, 0.29) is 17.4 Å². The van der Waals surface area contributed by atoms with E-state index in [1.54, 1.807) is 0 Å². The highest BCUT2D eigenvalue weighted by Crippen LogP contribution is 2.67. The maximum absolute atomic E-state index is 12.9. The van der Waals surface area contributed by atoms with Gasteiger partial charge in [0.1, 0.15) is 18.3 Å². The number of carbonyl (C=O) groups excluding carboxylic acids is 1. The minimum absolute atomic E-state index is 0.0453. The van der Waals surface area contributed by atoms with Crippen LogP contribution in [-0.2, 0) is 9.63 Å². The lowest BCUT2D eigenvalue weighted by Crippen LogP contribution is -2.51. The highest BCUT2D eigenvalue weighted by Gasteiger charge is 2.59. The van der Waals surface area contributed by atoms with Crippen LogP contribution in [0.5, 0.6) is 0 Å². The molecule has 0 unspecified atom stereocenters. The zero-order chi connectivity index (χ0) is 24.7. The summed E-state index contributed by atoms with van der Waals surface area (Å²) in [6, 6.07) is -0.395. The molecule has 1 amide bonds. The van der Waals surface area contributed by atoms with Gasteiger partial charge in [0.15, 0.2) is 0 Å². The Hall–Kier alpha value is -0.950. The lowest BCUT2D eigenvalue weighted by Gasteiger charge is -2.58. The third-order valence-corrected chi connectivity index (χ3v) is 12.0. The number of hydrogen-bond donors (Lipinski definition) is 3. The van der Waals surface area contributed by atoms with E-state index in [0.29, 0.717) is 30.1 Å². The summed E-state index contributed by atoms with van der Waals surface area (Å²) < 4.78 is 0. The molecule has 0 aromatic carbocycles. The first-order chi connectivity index (χ1) is 16.6. The summed E-state index contributed by atoms with van der Waals surface area (Å²) in [7, 11) is 0. The van der Waals surface area contributed by atoms with Crippen molar-refractivity contribution >= 4 is 5.91 Å². The van der Waals surface area contributed by atoms with Gasteiger partial charge in [0.05, 0.1) is 12.1 Å². The summed E-state index contributed by atoms with van der Waals surface area (Å²) >= 11 is 0. The van der Waals surface area contributed by atoms with Crippen LogP contribution < -0.4 is 0 Å². The first-order valence-corrected chi connectivity index (χ1v) is 14.4. The van der Waals surface area contributed by atoms with Gasteiger partial charge in [-0.2, -0.15) is 0 Å². The molecule has 12 atom stereocenters. The first kappa shape index (κ1) is 24.4. The number of hydroxylamine groups is 2. The zero-order valence-electron chi connectivity index (χ0n) is 21.7. The van der Waals surface area contributed by atoms with Crippen molar-refractivity contribution in [2.24, 2.45) is 40.4 Å². The van der Waals surface area contributed by atoms with Crippen LogP contribution in [0.4, 0.5) is 0 Å². The van der Waals surface area contributed by atoms with E-state index < -0.39 is 24.4 Å². The monoisotopic (exact) mass is 487 g/mol. The molecular weight excluding hydrogens is 442 g/mol. The molecule has 35 heavy (non-hydrogen) atoms. The van der Waals surface area contributed by atoms with Crippen molar-refractivity contribution in [3.05, 3.63) is 11.6 Å². The Bertz CT molecular complexity index is 888. The lowest BCUT2D eigenvalue weighted by molar-refractivity contribution is -0.239. The molecule has 6 nitrogen and oxygen atoms in total. The molecule has 6 rings (SSSR count). The van der Waals surface area contributed by atoms with Crippen molar-refractivity contribution < 1.29 is 25.0 Å².